The highest BCUT2D eigenvalue weighted by Gasteiger charge is 2.24. The number of alkyl carbamates (subject to hydrolysis) is 1. The number of aliphatic carboxylic acids is 1. The summed E-state index contributed by atoms with van der Waals surface area (Å²) >= 11 is 0. The quantitative estimate of drug-likeness (QED) is 0.843. The first-order valence-electron chi connectivity index (χ1n) is 5.77. The first kappa shape index (κ1) is 14.9. The van der Waals surface area contributed by atoms with Gasteiger partial charge in [-0.1, -0.05) is 0 Å². The van der Waals surface area contributed by atoms with Gasteiger partial charge in [-0.25, -0.2) is 9.59 Å². The number of rotatable bonds is 4. The normalized spacial score (nSPS) is 12.6. The minimum absolute atomic E-state index is 0.0441. The van der Waals surface area contributed by atoms with Crippen molar-refractivity contribution in [1.82, 2.24) is 15.5 Å². The van der Waals surface area contributed by atoms with E-state index in [4.69, 9.17) is 9.84 Å². The van der Waals surface area contributed by atoms with Crippen molar-refractivity contribution in [1.29, 1.82) is 0 Å². The van der Waals surface area contributed by atoms with Gasteiger partial charge in [-0.3, -0.25) is 0 Å². The van der Waals surface area contributed by atoms with E-state index in [0.29, 0.717) is 5.69 Å². The first-order valence-corrected chi connectivity index (χ1v) is 5.77. The molecular formula is C12H17N3O4. The van der Waals surface area contributed by atoms with Gasteiger partial charge in [0.2, 0.25) is 0 Å². The standard InChI is InChI=1S/C12H17N3O4/c1-12(2,3)19-11(18)14-9(10(16)17)7-8-5-4-6-13-15-8/h4-6,9H,7H2,1-3H3,(H,14,18)(H,16,17)/t9-/m1/s1. The van der Waals surface area contributed by atoms with E-state index >= 15 is 0 Å². The van der Waals surface area contributed by atoms with Crippen LogP contribution in [0.25, 0.3) is 0 Å². The topological polar surface area (TPSA) is 101 Å². The number of hydrogen-bond acceptors (Lipinski definition) is 5. The van der Waals surface area contributed by atoms with E-state index in [1.54, 1.807) is 32.9 Å². The molecule has 19 heavy (non-hydrogen) atoms. The molecule has 1 aromatic rings. The average Bonchev–Trinajstić information content (AvgIpc) is 2.26. The maximum Gasteiger partial charge on any atom is 0.408 e. The van der Waals surface area contributed by atoms with Gasteiger partial charge in [-0.15, -0.1) is 0 Å². The summed E-state index contributed by atoms with van der Waals surface area (Å²) in [7, 11) is 0. The second kappa shape index (κ2) is 6.12. The molecule has 0 fully saturated rings. The van der Waals surface area contributed by atoms with E-state index in [-0.39, 0.29) is 6.42 Å². The SMILES string of the molecule is CC(C)(C)OC(=O)N[C@H](Cc1cccnn1)C(=O)O. The molecule has 7 heteroatoms. The number of nitrogens with one attached hydrogen (secondary N) is 1. The highest BCUT2D eigenvalue weighted by molar-refractivity contribution is 5.80. The Morgan fingerprint density at radius 1 is 1.47 bits per heavy atom. The molecule has 0 radical (unpaired) electrons. The third-order valence-corrected chi connectivity index (χ3v) is 2.03. The Labute approximate surface area is 111 Å². The van der Waals surface area contributed by atoms with Crippen molar-refractivity contribution < 1.29 is 19.4 Å². The second-order valence-corrected chi connectivity index (χ2v) is 4.96. The maximum absolute atomic E-state index is 11.5. The van der Waals surface area contributed by atoms with Crippen LogP contribution >= 0.6 is 0 Å². The number of amides is 1. The highest BCUT2D eigenvalue weighted by atomic mass is 16.6. The summed E-state index contributed by atoms with van der Waals surface area (Å²) in [6.45, 7) is 5.10. The van der Waals surface area contributed by atoms with Crippen LogP contribution in [-0.2, 0) is 16.0 Å². The van der Waals surface area contributed by atoms with Crippen LogP contribution in [-0.4, -0.2) is 39.0 Å². The number of carboxylic acid groups (broad SMARTS) is 1. The molecule has 0 spiro atoms. The summed E-state index contributed by atoms with van der Waals surface area (Å²) in [5.74, 6) is -1.16. The first-order chi connectivity index (χ1) is 8.78. The van der Waals surface area contributed by atoms with Gasteiger partial charge in [0.1, 0.15) is 11.6 Å². The fourth-order valence-electron chi connectivity index (χ4n) is 1.30. The largest absolute Gasteiger partial charge is 0.480 e. The van der Waals surface area contributed by atoms with Gasteiger partial charge in [-0.2, -0.15) is 10.2 Å². The third-order valence-electron chi connectivity index (χ3n) is 2.03. The molecule has 0 aromatic carbocycles. The van der Waals surface area contributed by atoms with Gasteiger partial charge in [0, 0.05) is 12.6 Å². The van der Waals surface area contributed by atoms with Crippen molar-refractivity contribution in [3.8, 4) is 0 Å². The second-order valence-electron chi connectivity index (χ2n) is 4.96. The van der Waals surface area contributed by atoms with Crippen molar-refractivity contribution in [3.63, 3.8) is 0 Å². The van der Waals surface area contributed by atoms with E-state index in [1.165, 1.54) is 6.20 Å². The van der Waals surface area contributed by atoms with Gasteiger partial charge >= 0.3 is 12.1 Å². The minimum Gasteiger partial charge on any atom is -0.480 e. The van der Waals surface area contributed by atoms with E-state index in [9.17, 15) is 9.59 Å². The van der Waals surface area contributed by atoms with Gasteiger partial charge in [-0.05, 0) is 32.9 Å². The zero-order valence-electron chi connectivity index (χ0n) is 11.1. The lowest BCUT2D eigenvalue weighted by Gasteiger charge is -2.21. The van der Waals surface area contributed by atoms with E-state index in [2.05, 4.69) is 15.5 Å². The molecule has 2 N–H and O–H groups in total. The van der Waals surface area contributed by atoms with Crippen molar-refractivity contribution in [2.75, 3.05) is 0 Å². The molecule has 0 aliphatic carbocycles. The van der Waals surface area contributed by atoms with Crippen LogP contribution < -0.4 is 5.32 Å². The molecule has 104 valence electrons. The van der Waals surface area contributed by atoms with Crippen LogP contribution in [0.3, 0.4) is 0 Å². The fourth-order valence-corrected chi connectivity index (χ4v) is 1.30. The molecule has 0 saturated carbocycles. The lowest BCUT2D eigenvalue weighted by Crippen LogP contribution is -2.44. The van der Waals surface area contributed by atoms with Gasteiger partial charge in [0.25, 0.3) is 0 Å². The lowest BCUT2D eigenvalue weighted by atomic mass is 10.1. The highest BCUT2D eigenvalue weighted by Crippen LogP contribution is 2.07. The van der Waals surface area contributed by atoms with Crippen LogP contribution in [0.5, 0.6) is 0 Å². The van der Waals surface area contributed by atoms with Crippen LogP contribution in [0.4, 0.5) is 4.79 Å². The molecule has 1 heterocycles. The Kier molecular flexibility index (Phi) is 4.80. The van der Waals surface area contributed by atoms with Crippen LogP contribution in [0.15, 0.2) is 18.3 Å². The van der Waals surface area contributed by atoms with Gasteiger partial charge in [0.15, 0.2) is 0 Å². The van der Waals surface area contributed by atoms with Crippen LogP contribution in [0.2, 0.25) is 0 Å². The Balaban J connectivity index is 2.64. The Morgan fingerprint density at radius 2 is 2.16 bits per heavy atom. The Bertz CT molecular complexity index is 442. The Hall–Kier alpha value is -2.18. The predicted molar refractivity (Wildman–Crippen MR) is 66.5 cm³/mol. The molecular weight excluding hydrogens is 250 g/mol. The predicted octanol–water partition coefficient (Wildman–Crippen LogP) is 0.997. The number of ether oxygens (including phenoxy) is 1. The average molecular weight is 267 g/mol. The number of carboxylic acids is 1. The number of aromatic nitrogens is 2. The molecule has 0 bridgehead atoms. The summed E-state index contributed by atoms with van der Waals surface area (Å²) in [4.78, 5) is 22.6. The summed E-state index contributed by atoms with van der Waals surface area (Å²) in [6, 6.07) is 2.18. The molecule has 0 saturated heterocycles. The van der Waals surface area contributed by atoms with E-state index in [0.717, 1.165) is 0 Å². The third kappa shape index (κ3) is 5.80. The van der Waals surface area contributed by atoms with Crippen molar-refractivity contribution >= 4 is 12.1 Å². The van der Waals surface area contributed by atoms with Crippen LogP contribution in [0.1, 0.15) is 26.5 Å². The molecule has 1 atom stereocenters. The van der Waals surface area contributed by atoms with E-state index < -0.39 is 23.7 Å². The number of carbonyl (C=O) groups is 2. The van der Waals surface area contributed by atoms with Gasteiger partial charge in [0.05, 0.1) is 5.69 Å². The molecule has 1 aromatic heterocycles. The number of carbonyl (C=O) groups excluding carboxylic acids is 1. The minimum atomic E-state index is -1.16. The summed E-state index contributed by atoms with van der Waals surface area (Å²) in [6.07, 6.45) is 0.756. The molecule has 0 unspecified atom stereocenters. The molecule has 0 aliphatic heterocycles. The Morgan fingerprint density at radius 3 is 2.63 bits per heavy atom. The monoisotopic (exact) mass is 267 g/mol. The number of hydrogen-bond donors (Lipinski definition) is 2. The smallest absolute Gasteiger partial charge is 0.408 e. The summed E-state index contributed by atoms with van der Waals surface area (Å²) in [5.41, 5.74) is -0.203. The zero-order chi connectivity index (χ0) is 14.5. The number of nitrogens with zero attached hydrogens (tertiary/aromatic N) is 2. The van der Waals surface area contributed by atoms with Crippen molar-refractivity contribution in [2.45, 2.75) is 38.8 Å². The summed E-state index contributed by atoms with van der Waals surface area (Å²) < 4.78 is 5.01. The van der Waals surface area contributed by atoms with Crippen molar-refractivity contribution in [3.05, 3.63) is 24.0 Å². The summed E-state index contributed by atoms with van der Waals surface area (Å²) in [5, 5.41) is 18.8. The molecule has 1 rings (SSSR count). The van der Waals surface area contributed by atoms with Gasteiger partial charge < -0.3 is 15.2 Å². The van der Waals surface area contributed by atoms with E-state index in [1.807, 2.05) is 0 Å². The zero-order valence-corrected chi connectivity index (χ0v) is 11.1. The molecule has 0 aliphatic rings. The maximum atomic E-state index is 11.5. The molecule has 7 nitrogen and oxygen atoms in total. The van der Waals surface area contributed by atoms with Crippen LogP contribution in [0, 0.1) is 0 Å². The fraction of sp³-hybridized carbons (Fsp3) is 0.500. The lowest BCUT2D eigenvalue weighted by molar-refractivity contribution is -0.139. The molecule has 1 amide bonds. The van der Waals surface area contributed by atoms with Crippen molar-refractivity contribution in [2.24, 2.45) is 0 Å².